The summed E-state index contributed by atoms with van der Waals surface area (Å²) >= 11 is 0. The molecule has 7 rings (SSSR count). The van der Waals surface area contributed by atoms with Crippen molar-refractivity contribution in [3.05, 3.63) is 132 Å². The van der Waals surface area contributed by atoms with Crippen molar-refractivity contribution >= 4 is 44.4 Å². The monoisotopic (exact) mass is 450 g/mol. The molecule has 1 aliphatic heterocycles. The van der Waals surface area contributed by atoms with Gasteiger partial charge >= 0.3 is 0 Å². The Labute approximate surface area is 202 Å². The van der Waals surface area contributed by atoms with Crippen molar-refractivity contribution in [2.24, 2.45) is 9.98 Å². The standard InChI is InChI=1S/C31H22N4/c1-3-12-22(13-4-1)29-32-30(23-14-5-2-6-15-23)34-31(33-29)35-26-18-10-9-17-25(26)28-24-16-8-7-11-21(24)19-20-27(28)35/h1-20,29H,(H,32,33,34). The van der Waals surface area contributed by atoms with Gasteiger partial charge in [-0.2, -0.15) is 0 Å². The lowest BCUT2D eigenvalue weighted by molar-refractivity contribution is 0.745. The number of fused-ring (bicyclic) bond motifs is 5. The van der Waals surface area contributed by atoms with Crippen molar-refractivity contribution in [3.63, 3.8) is 0 Å². The topological polar surface area (TPSA) is 41.7 Å². The Balaban J connectivity index is 1.51. The number of aromatic nitrogens is 1. The van der Waals surface area contributed by atoms with Gasteiger partial charge in [0.05, 0.1) is 11.0 Å². The Hall–Kier alpha value is -4.70. The zero-order valence-electron chi connectivity index (χ0n) is 19.0. The fraction of sp³-hybridized carbons (Fsp3) is 0.0323. The Kier molecular flexibility index (Phi) is 4.49. The van der Waals surface area contributed by atoms with Gasteiger partial charge in [0.25, 0.3) is 0 Å². The predicted molar refractivity (Wildman–Crippen MR) is 145 cm³/mol. The highest BCUT2D eigenvalue weighted by molar-refractivity contribution is 6.25. The number of aliphatic imine (C=N–C) groups is 2. The highest BCUT2D eigenvalue weighted by Crippen LogP contribution is 2.35. The number of amidine groups is 1. The highest BCUT2D eigenvalue weighted by atomic mass is 15.3. The molecule has 4 nitrogen and oxygen atoms in total. The van der Waals surface area contributed by atoms with E-state index in [9.17, 15) is 0 Å². The van der Waals surface area contributed by atoms with Crippen LogP contribution < -0.4 is 5.32 Å². The summed E-state index contributed by atoms with van der Waals surface area (Å²) in [6.07, 6.45) is -0.334. The van der Waals surface area contributed by atoms with Crippen molar-refractivity contribution < 1.29 is 0 Å². The lowest BCUT2D eigenvalue weighted by Gasteiger charge is -2.23. The van der Waals surface area contributed by atoms with Crippen molar-refractivity contribution in [1.82, 2.24) is 9.88 Å². The molecule has 1 unspecified atom stereocenters. The third-order valence-electron chi connectivity index (χ3n) is 6.65. The van der Waals surface area contributed by atoms with Gasteiger partial charge in [-0.1, -0.05) is 109 Å². The number of hydrogen-bond donors (Lipinski definition) is 1. The van der Waals surface area contributed by atoms with E-state index < -0.39 is 0 Å². The van der Waals surface area contributed by atoms with Gasteiger partial charge in [0.15, 0.2) is 6.17 Å². The Morgan fingerprint density at radius 2 is 1.26 bits per heavy atom. The minimum absolute atomic E-state index is 0.334. The molecule has 1 N–H and O–H groups in total. The largest absolute Gasteiger partial charge is 0.310 e. The van der Waals surface area contributed by atoms with Gasteiger partial charge in [-0.3, -0.25) is 4.57 Å². The quantitative estimate of drug-likeness (QED) is 0.306. The van der Waals surface area contributed by atoms with E-state index in [1.807, 2.05) is 36.4 Å². The maximum Gasteiger partial charge on any atom is 0.211 e. The van der Waals surface area contributed by atoms with Crippen LogP contribution in [-0.2, 0) is 0 Å². The van der Waals surface area contributed by atoms with Crippen LogP contribution in [0.1, 0.15) is 17.3 Å². The molecule has 4 heteroatoms. The molecule has 2 heterocycles. The molecule has 5 aromatic carbocycles. The molecule has 0 spiro atoms. The molecule has 35 heavy (non-hydrogen) atoms. The molecule has 1 aliphatic rings. The summed E-state index contributed by atoms with van der Waals surface area (Å²) in [6.45, 7) is 0. The van der Waals surface area contributed by atoms with E-state index in [1.165, 1.54) is 21.5 Å². The van der Waals surface area contributed by atoms with Crippen molar-refractivity contribution in [3.8, 4) is 0 Å². The third kappa shape index (κ3) is 3.22. The van der Waals surface area contributed by atoms with Crippen LogP contribution in [0.25, 0.3) is 32.6 Å². The fourth-order valence-corrected chi connectivity index (χ4v) is 5.04. The average Bonchev–Trinajstić information content (AvgIpc) is 3.29. The number of para-hydroxylation sites is 1. The number of rotatable bonds is 2. The first kappa shape index (κ1) is 19.7. The number of nitrogens with zero attached hydrogens (tertiary/aromatic N) is 3. The van der Waals surface area contributed by atoms with Gasteiger partial charge in [-0.15, -0.1) is 0 Å². The molecule has 0 bridgehead atoms. The molecular weight excluding hydrogens is 428 g/mol. The second-order valence-corrected chi connectivity index (χ2v) is 8.74. The van der Waals surface area contributed by atoms with Gasteiger partial charge in [0.2, 0.25) is 5.96 Å². The van der Waals surface area contributed by atoms with Crippen molar-refractivity contribution in [2.45, 2.75) is 6.17 Å². The first-order chi connectivity index (χ1) is 17.4. The molecule has 0 saturated heterocycles. The number of benzene rings is 5. The van der Waals surface area contributed by atoms with Gasteiger partial charge in [0, 0.05) is 16.3 Å². The molecule has 6 aromatic rings. The lowest BCUT2D eigenvalue weighted by Crippen LogP contribution is -2.39. The summed E-state index contributed by atoms with van der Waals surface area (Å²) < 4.78 is 2.24. The van der Waals surface area contributed by atoms with E-state index in [0.717, 1.165) is 34.0 Å². The molecule has 0 radical (unpaired) electrons. The second kappa shape index (κ2) is 7.96. The molecule has 166 valence electrons. The summed E-state index contributed by atoms with van der Waals surface area (Å²) in [6, 6.07) is 42.0. The first-order valence-electron chi connectivity index (χ1n) is 11.8. The van der Waals surface area contributed by atoms with E-state index >= 15 is 0 Å². The Bertz CT molecular complexity index is 1760. The summed E-state index contributed by atoms with van der Waals surface area (Å²) in [5, 5.41) is 8.49. The van der Waals surface area contributed by atoms with Crippen LogP contribution in [0.15, 0.2) is 131 Å². The lowest BCUT2D eigenvalue weighted by atomic mass is 10.0. The van der Waals surface area contributed by atoms with Crippen LogP contribution in [0.5, 0.6) is 0 Å². The molecule has 0 amide bonds. The minimum Gasteiger partial charge on any atom is -0.310 e. The van der Waals surface area contributed by atoms with Crippen molar-refractivity contribution in [2.75, 3.05) is 0 Å². The van der Waals surface area contributed by atoms with E-state index in [1.54, 1.807) is 0 Å². The van der Waals surface area contributed by atoms with Gasteiger partial charge in [-0.05, 0) is 28.5 Å². The second-order valence-electron chi connectivity index (χ2n) is 8.74. The maximum absolute atomic E-state index is 5.13. The van der Waals surface area contributed by atoms with Gasteiger partial charge in [-0.25, -0.2) is 9.98 Å². The number of hydrogen-bond acceptors (Lipinski definition) is 3. The minimum atomic E-state index is -0.334. The molecule has 0 fully saturated rings. The summed E-state index contributed by atoms with van der Waals surface area (Å²) in [5.74, 6) is 1.59. The molecule has 1 aromatic heterocycles. The van der Waals surface area contributed by atoms with E-state index in [0.29, 0.717) is 0 Å². The third-order valence-corrected chi connectivity index (χ3v) is 6.65. The Morgan fingerprint density at radius 1 is 0.571 bits per heavy atom. The summed E-state index contributed by atoms with van der Waals surface area (Å²) in [7, 11) is 0. The SMILES string of the molecule is c1ccc(C2=NC(c3ccccc3)N=C(n3c4ccccc4c4c5ccccc5ccc43)N2)cc1. The molecule has 1 atom stereocenters. The maximum atomic E-state index is 5.13. The van der Waals surface area contributed by atoms with E-state index in [-0.39, 0.29) is 6.17 Å². The van der Waals surface area contributed by atoms with Crippen LogP contribution in [0.2, 0.25) is 0 Å². The van der Waals surface area contributed by atoms with Crippen LogP contribution in [0.4, 0.5) is 0 Å². The van der Waals surface area contributed by atoms with E-state index in [2.05, 4.69) is 94.8 Å². The molecule has 0 saturated carbocycles. The summed E-state index contributed by atoms with van der Waals surface area (Å²) in [4.78, 5) is 10.1. The van der Waals surface area contributed by atoms with Crippen molar-refractivity contribution in [1.29, 1.82) is 0 Å². The molecule has 0 aliphatic carbocycles. The van der Waals surface area contributed by atoms with Crippen LogP contribution in [-0.4, -0.2) is 16.4 Å². The van der Waals surface area contributed by atoms with Crippen LogP contribution >= 0.6 is 0 Å². The predicted octanol–water partition coefficient (Wildman–Crippen LogP) is 6.90. The van der Waals surface area contributed by atoms with Crippen LogP contribution in [0, 0.1) is 0 Å². The molecular formula is C31H22N4. The average molecular weight is 451 g/mol. The zero-order chi connectivity index (χ0) is 23.2. The normalized spacial score (nSPS) is 15.7. The number of nitrogens with one attached hydrogen (secondary N) is 1. The fourth-order valence-electron chi connectivity index (χ4n) is 5.04. The van der Waals surface area contributed by atoms with Crippen LogP contribution in [0.3, 0.4) is 0 Å². The summed E-state index contributed by atoms with van der Waals surface area (Å²) in [5.41, 5.74) is 4.33. The Morgan fingerprint density at radius 3 is 2.09 bits per heavy atom. The smallest absolute Gasteiger partial charge is 0.211 e. The van der Waals surface area contributed by atoms with Gasteiger partial charge in [0.1, 0.15) is 5.84 Å². The van der Waals surface area contributed by atoms with Gasteiger partial charge < -0.3 is 5.32 Å². The highest BCUT2D eigenvalue weighted by Gasteiger charge is 2.23. The zero-order valence-corrected chi connectivity index (χ0v) is 19.0. The first-order valence-corrected chi connectivity index (χ1v) is 11.8. The van der Waals surface area contributed by atoms with E-state index in [4.69, 9.17) is 9.98 Å².